The topological polar surface area (TPSA) is 62.5 Å². The first-order valence-electron chi connectivity index (χ1n) is 9.30. The van der Waals surface area contributed by atoms with E-state index in [9.17, 15) is 9.90 Å². The summed E-state index contributed by atoms with van der Waals surface area (Å²) in [6.45, 7) is 11.7. The molecule has 1 aromatic carbocycles. The summed E-state index contributed by atoms with van der Waals surface area (Å²) in [6, 6.07) is 12.3. The first-order chi connectivity index (χ1) is 12.2. The fourth-order valence-corrected chi connectivity index (χ4v) is 2.97. The van der Waals surface area contributed by atoms with Gasteiger partial charge >= 0.3 is 5.97 Å². The van der Waals surface area contributed by atoms with Gasteiger partial charge in [-0.3, -0.25) is 4.79 Å². The summed E-state index contributed by atoms with van der Waals surface area (Å²) >= 11 is 0. The number of rotatable bonds is 8. The van der Waals surface area contributed by atoms with Crippen LogP contribution in [0.15, 0.2) is 40.8 Å². The number of furan rings is 1. The second-order valence-electron chi connectivity index (χ2n) is 8.39. The lowest BCUT2D eigenvalue weighted by molar-refractivity contribution is -0.142. The lowest BCUT2D eigenvalue weighted by Gasteiger charge is -2.18. The summed E-state index contributed by atoms with van der Waals surface area (Å²) in [5.41, 5.74) is 2.47. The molecule has 2 rings (SSSR count). The number of hydrogen-bond donors (Lipinski definition) is 2. The summed E-state index contributed by atoms with van der Waals surface area (Å²) in [4.78, 5) is 11.3. The highest BCUT2D eigenvalue weighted by Crippen LogP contribution is 2.27. The van der Waals surface area contributed by atoms with Gasteiger partial charge in [0.1, 0.15) is 11.5 Å². The highest BCUT2D eigenvalue weighted by molar-refractivity contribution is 5.70. The average Bonchev–Trinajstić information content (AvgIpc) is 3.01. The van der Waals surface area contributed by atoms with Crippen molar-refractivity contribution in [3.8, 4) is 11.3 Å². The first kappa shape index (κ1) is 20.2. The van der Waals surface area contributed by atoms with Crippen LogP contribution in [0.1, 0.15) is 52.4 Å². The molecular weight excluding hydrogens is 326 g/mol. The minimum absolute atomic E-state index is 0.132. The van der Waals surface area contributed by atoms with E-state index >= 15 is 0 Å². The van der Waals surface area contributed by atoms with Gasteiger partial charge in [-0.25, -0.2) is 0 Å². The third kappa shape index (κ3) is 5.73. The van der Waals surface area contributed by atoms with E-state index in [-0.39, 0.29) is 11.3 Å². The molecule has 2 aromatic rings. The van der Waals surface area contributed by atoms with Crippen LogP contribution >= 0.6 is 0 Å². The van der Waals surface area contributed by atoms with Crippen molar-refractivity contribution in [1.82, 2.24) is 5.32 Å². The van der Waals surface area contributed by atoms with Gasteiger partial charge in [-0.05, 0) is 35.4 Å². The molecule has 0 bridgehead atoms. The van der Waals surface area contributed by atoms with Gasteiger partial charge in [0.05, 0.1) is 12.5 Å². The number of benzene rings is 1. The molecule has 4 heteroatoms. The molecule has 1 heterocycles. The van der Waals surface area contributed by atoms with Gasteiger partial charge in [0.15, 0.2) is 0 Å². The van der Waals surface area contributed by atoms with Crippen LogP contribution in [0.25, 0.3) is 11.3 Å². The van der Waals surface area contributed by atoms with Gasteiger partial charge < -0.3 is 14.8 Å². The molecule has 0 spiro atoms. The van der Waals surface area contributed by atoms with Gasteiger partial charge in [0.25, 0.3) is 0 Å². The first-order valence-corrected chi connectivity index (χ1v) is 9.30. The maximum atomic E-state index is 11.3. The van der Waals surface area contributed by atoms with E-state index in [1.807, 2.05) is 26.0 Å². The van der Waals surface area contributed by atoms with Crippen molar-refractivity contribution in [2.75, 3.05) is 6.54 Å². The molecule has 1 atom stereocenters. The molecule has 26 heavy (non-hydrogen) atoms. The largest absolute Gasteiger partial charge is 0.481 e. The Balaban J connectivity index is 1.94. The minimum Gasteiger partial charge on any atom is -0.481 e. The van der Waals surface area contributed by atoms with Crippen LogP contribution in [0, 0.1) is 11.8 Å². The molecule has 4 nitrogen and oxygen atoms in total. The summed E-state index contributed by atoms with van der Waals surface area (Å²) in [7, 11) is 0. The van der Waals surface area contributed by atoms with Gasteiger partial charge in [0, 0.05) is 12.1 Å². The third-order valence-electron chi connectivity index (χ3n) is 4.49. The van der Waals surface area contributed by atoms with Crippen molar-refractivity contribution in [3.05, 3.63) is 47.7 Å². The lowest BCUT2D eigenvalue weighted by Crippen LogP contribution is -2.29. The zero-order valence-corrected chi connectivity index (χ0v) is 16.5. The number of aliphatic carboxylic acids is 1. The molecular formula is C22H31NO3. The standard InChI is InChI=1S/C22H31NO3/c1-15(2)12-17(21(24)25)13-23-14-19-10-11-20(26-19)16-6-8-18(9-7-16)22(3,4)5/h6-11,15,17,23H,12-14H2,1-5H3,(H,24,25). The van der Waals surface area contributed by atoms with Crippen molar-refractivity contribution in [3.63, 3.8) is 0 Å². The lowest BCUT2D eigenvalue weighted by atomic mass is 9.86. The van der Waals surface area contributed by atoms with E-state index in [0.717, 1.165) is 17.1 Å². The molecule has 0 saturated heterocycles. The number of hydrogen-bond acceptors (Lipinski definition) is 3. The summed E-state index contributed by atoms with van der Waals surface area (Å²) in [5, 5.41) is 12.5. The van der Waals surface area contributed by atoms with Gasteiger partial charge in [-0.15, -0.1) is 0 Å². The summed E-state index contributed by atoms with van der Waals surface area (Å²) in [6.07, 6.45) is 0.672. The van der Waals surface area contributed by atoms with Crippen molar-refractivity contribution in [2.45, 2.75) is 53.0 Å². The van der Waals surface area contributed by atoms with Crippen LogP contribution in [0.5, 0.6) is 0 Å². The Morgan fingerprint density at radius 3 is 2.31 bits per heavy atom. The fourth-order valence-electron chi connectivity index (χ4n) is 2.97. The quantitative estimate of drug-likeness (QED) is 0.691. The molecule has 0 saturated carbocycles. The van der Waals surface area contributed by atoms with Crippen LogP contribution in [0.4, 0.5) is 0 Å². The third-order valence-corrected chi connectivity index (χ3v) is 4.49. The Bertz CT molecular complexity index is 708. The number of carboxylic acids is 1. The predicted molar refractivity (Wildman–Crippen MR) is 105 cm³/mol. The fraction of sp³-hybridized carbons (Fsp3) is 0.500. The van der Waals surface area contributed by atoms with Crippen molar-refractivity contribution >= 4 is 5.97 Å². The van der Waals surface area contributed by atoms with Gasteiger partial charge in [0.2, 0.25) is 0 Å². The van der Waals surface area contributed by atoms with E-state index in [1.54, 1.807) is 0 Å². The second-order valence-corrected chi connectivity index (χ2v) is 8.39. The van der Waals surface area contributed by atoms with E-state index in [4.69, 9.17) is 4.42 Å². The molecule has 1 unspecified atom stereocenters. The molecule has 0 aliphatic heterocycles. The predicted octanol–water partition coefficient (Wildman–Crippen LogP) is 5.08. The molecule has 0 aliphatic carbocycles. The van der Waals surface area contributed by atoms with Crippen LogP contribution in [0.2, 0.25) is 0 Å². The molecule has 1 aromatic heterocycles. The smallest absolute Gasteiger partial charge is 0.307 e. The van der Waals surface area contributed by atoms with Crippen LogP contribution in [-0.2, 0) is 16.8 Å². The molecule has 0 amide bonds. The normalized spacial score (nSPS) is 13.2. The highest BCUT2D eigenvalue weighted by Gasteiger charge is 2.18. The number of carbonyl (C=O) groups is 1. The molecule has 2 N–H and O–H groups in total. The zero-order valence-electron chi connectivity index (χ0n) is 16.5. The monoisotopic (exact) mass is 357 g/mol. The molecule has 0 fully saturated rings. The maximum Gasteiger partial charge on any atom is 0.307 e. The van der Waals surface area contributed by atoms with Crippen molar-refractivity contribution in [1.29, 1.82) is 0 Å². The number of carboxylic acid groups (broad SMARTS) is 1. The van der Waals surface area contributed by atoms with Gasteiger partial charge in [-0.1, -0.05) is 58.9 Å². The van der Waals surface area contributed by atoms with Crippen molar-refractivity contribution in [2.24, 2.45) is 11.8 Å². The molecule has 142 valence electrons. The van der Waals surface area contributed by atoms with E-state index in [0.29, 0.717) is 25.4 Å². The summed E-state index contributed by atoms with van der Waals surface area (Å²) in [5.74, 6) is 0.900. The number of nitrogens with one attached hydrogen (secondary N) is 1. The SMILES string of the molecule is CC(C)CC(CNCc1ccc(-c2ccc(C(C)(C)C)cc2)o1)C(=O)O. The Hall–Kier alpha value is -2.07. The van der Waals surface area contributed by atoms with Crippen LogP contribution in [-0.4, -0.2) is 17.6 Å². The molecule has 0 aliphatic rings. The average molecular weight is 357 g/mol. The maximum absolute atomic E-state index is 11.3. The summed E-state index contributed by atoms with van der Waals surface area (Å²) < 4.78 is 5.91. The van der Waals surface area contributed by atoms with Gasteiger partial charge in [-0.2, -0.15) is 0 Å². The second kappa shape index (κ2) is 8.54. The Morgan fingerprint density at radius 1 is 1.12 bits per heavy atom. The van der Waals surface area contributed by atoms with Crippen LogP contribution < -0.4 is 5.32 Å². The Kier molecular flexibility index (Phi) is 6.65. The highest BCUT2D eigenvalue weighted by atomic mass is 16.4. The zero-order chi connectivity index (χ0) is 19.3. The minimum atomic E-state index is -0.745. The van der Waals surface area contributed by atoms with E-state index in [1.165, 1.54) is 5.56 Å². The van der Waals surface area contributed by atoms with E-state index < -0.39 is 5.97 Å². The Morgan fingerprint density at radius 2 is 1.77 bits per heavy atom. The van der Waals surface area contributed by atoms with Crippen molar-refractivity contribution < 1.29 is 14.3 Å². The van der Waals surface area contributed by atoms with Crippen LogP contribution in [0.3, 0.4) is 0 Å². The van der Waals surface area contributed by atoms with E-state index in [2.05, 4.69) is 50.4 Å². The Labute approximate surface area is 156 Å². The molecule has 0 radical (unpaired) electrons.